The molecular weight excluding hydrogens is 312 g/mol. The molecule has 5 rings (SSSR count). The lowest BCUT2D eigenvalue weighted by molar-refractivity contribution is 0.138. The lowest BCUT2D eigenvalue weighted by Crippen LogP contribution is -2.43. The van der Waals surface area contributed by atoms with Crippen LogP contribution in [-0.2, 0) is 5.41 Å². The van der Waals surface area contributed by atoms with Crippen LogP contribution in [0.15, 0.2) is 78.3 Å². The summed E-state index contributed by atoms with van der Waals surface area (Å²) in [6.07, 6.45) is 19.7. The average molecular weight is 341 g/mol. The Balaban J connectivity index is 1.67. The summed E-state index contributed by atoms with van der Waals surface area (Å²) in [6.45, 7) is 2.59. The molecule has 2 fully saturated rings. The molecule has 132 valence electrons. The molecule has 2 saturated carbocycles. The fourth-order valence-electron chi connectivity index (χ4n) is 6.69. The summed E-state index contributed by atoms with van der Waals surface area (Å²) < 4.78 is 0. The maximum absolute atomic E-state index is 3.33. The third-order valence-electron chi connectivity index (χ3n) is 7.87. The first-order chi connectivity index (χ1) is 12.8. The van der Waals surface area contributed by atoms with Gasteiger partial charge in [0.2, 0.25) is 0 Å². The van der Waals surface area contributed by atoms with Crippen molar-refractivity contribution in [3.8, 4) is 0 Å². The van der Waals surface area contributed by atoms with Crippen molar-refractivity contribution in [1.29, 1.82) is 0 Å². The second-order valence-corrected chi connectivity index (χ2v) is 8.86. The van der Waals surface area contributed by atoms with Gasteiger partial charge in [0.1, 0.15) is 0 Å². The van der Waals surface area contributed by atoms with Gasteiger partial charge < -0.3 is 0 Å². The third-order valence-corrected chi connectivity index (χ3v) is 7.87. The van der Waals surface area contributed by atoms with Crippen LogP contribution in [0.5, 0.6) is 0 Å². The van der Waals surface area contributed by atoms with E-state index in [1.807, 2.05) is 0 Å². The summed E-state index contributed by atoms with van der Waals surface area (Å²) in [5.74, 6) is 3.81. The fraction of sp³-hybridized carbons (Fsp3) is 0.462. The number of fused-ring (bicyclic) bond motifs is 3. The molecule has 26 heavy (non-hydrogen) atoms. The Bertz CT molecular complexity index is 822. The molecule has 0 saturated heterocycles. The molecule has 0 aliphatic heterocycles. The van der Waals surface area contributed by atoms with Gasteiger partial charge in [-0.2, -0.15) is 0 Å². The van der Waals surface area contributed by atoms with Crippen molar-refractivity contribution in [3.63, 3.8) is 0 Å². The van der Waals surface area contributed by atoms with Crippen LogP contribution in [0.2, 0.25) is 0 Å². The lowest BCUT2D eigenvalue weighted by atomic mass is 9.57. The quantitative estimate of drug-likeness (QED) is 0.572. The van der Waals surface area contributed by atoms with Crippen LogP contribution in [-0.4, -0.2) is 0 Å². The number of allylic oxidation sites excluding steroid dienone is 6. The molecule has 0 bridgehead atoms. The zero-order valence-corrected chi connectivity index (χ0v) is 15.6. The molecule has 0 aromatic heterocycles. The van der Waals surface area contributed by atoms with E-state index >= 15 is 0 Å². The maximum atomic E-state index is 3.33. The Kier molecular flexibility index (Phi) is 3.93. The minimum atomic E-state index is 0.221. The molecule has 0 heterocycles. The summed E-state index contributed by atoms with van der Waals surface area (Å²) in [5, 5.41) is 0. The van der Waals surface area contributed by atoms with Crippen molar-refractivity contribution in [2.24, 2.45) is 35.5 Å². The van der Waals surface area contributed by atoms with E-state index in [0.29, 0.717) is 29.6 Å². The van der Waals surface area contributed by atoms with Gasteiger partial charge in [-0.15, -0.1) is 0 Å². The van der Waals surface area contributed by atoms with Crippen LogP contribution in [0.4, 0.5) is 0 Å². The standard InChI is InChI=1S/C26H28/c1-26(20-13-5-6-14-20,19-11-3-2-4-12-19)25-23-17-9-7-15-21(23)22-16-8-10-18-24(22)25/h2-4,7,9,11-12,15-18,20-25H,5-6,13-14H2,1H3. The zero-order chi connectivity index (χ0) is 17.6. The molecule has 4 aliphatic carbocycles. The van der Waals surface area contributed by atoms with E-state index in [2.05, 4.69) is 85.2 Å². The minimum absolute atomic E-state index is 0.221. The van der Waals surface area contributed by atoms with Gasteiger partial charge in [-0.1, -0.05) is 85.9 Å². The molecule has 4 aliphatic rings. The number of rotatable bonds is 3. The van der Waals surface area contributed by atoms with E-state index in [4.69, 9.17) is 0 Å². The normalized spacial score (nSPS) is 36.9. The van der Waals surface area contributed by atoms with Crippen molar-refractivity contribution in [2.45, 2.75) is 38.0 Å². The summed E-state index contributed by atoms with van der Waals surface area (Å²) in [7, 11) is 0. The van der Waals surface area contributed by atoms with Gasteiger partial charge >= 0.3 is 0 Å². The van der Waals surface area contributed by atoms with Crippen molar-refractivity contribution in [2.75, 3.05) is 0 Å². The molecular formula is C26H28. The molecule has 0 amide bonds. The number of benzene rings is 1. The largest absolute Gasteiger partial charge is 0.0805 e. The van der Waals surface area contributed by atoms with Crippen molar-refractivity contribution >= 4 is 0 Å². The zero-order valence-electron chi connectivity index (χ0n) is 15.6. The third kappa shape index (κ3) is 2.30. The van der Waals surface area contributed by atoms with Gasteiger partial charge in [0.25, 0.3) is 0 Å². The van der Waals surface area contributed by atoms with Crippen LogP contribution in [0, 0.1) is 35.5 Å². The van der Waals surface area contributed by atoms with E-state index in [0.717, 1.165) is 5.92 Å². The van der Waals surface area contributed by atoms with E-state index in [1.165, 1.54) is 25.7 Å². The molecule has 0 spiro atoms. The lowest BCUT2D eigenvalue weighted by Gasteiger charge is -2.46. The smallest absolute Gasteiger partial charge is 0.000693 e. The van der Waals surface area contributed by atoms with Crippen molar-refractivity contribution in [1.82, 2.24) is 0 Å². The highest BCUT2D eigenvalue weighted by molar-refractivity contribution is 5.35. The van der Waals surface area contributed by atoms with Crippen LogP contribution in [0.25, 0.3) is 0 Å². The monoisotopic (exact) mass is 340 g/mol. The highest BCUT2D eigenvalue weighted by atomic mass is 14.6. The van der Waals surface area contributed by atoms with E-state index in [-0.39, 0.29) is 5.41 Å². The van der Waals surface area contributed by atoms with Crippen LogP contribution >= 0.6 is 0 Å². The molecule has 6 atom stereocenters. The SMILES string of the molecule is CC(c1ccccc1)(C1CCCC1)C1C2C=C=C=CC2C2C=CC=CC21. The molecule has 1 aromatic rings. The molecule has 6 unspecified atom stereocenters. The van der Waals surface area contributed by atoms with Gasteiger partial charge in [0, 0.05) is 0 Å². The Labute approximate surface area is 157 Å². The van der Waals surface area contributed by atoms with Gasteiger partial charge in [0.05, 0.1) is 0 Å². The summed E-state index contributed by atoms with van der Waals surface area (Å²) in [5.41, 5.74) is 8.38. The number of hydrogen-bond acceptors (Lipinski definition) is 0. The predicted octanol–water partition coefficient (Wildman–Crippen LogP) is 6.24. The Morgan fingerprint density at radius 3 is 2.19 bits per heavy atom. The van der Waals surface area contributed by atoms with Gasteiger partial charge in [0.15, 0.2) is 0 Å². The first kappa shape index (κ1) is 16.2. The summed E-state index contributed by atoms with van der Waals surface area (Å²) in [4.78, 5) is 0. The van der Waals surface area contributed by atoms with Gasteiger partial charge in [-0.05, 0) is 71.5 Å². The molecule has 0 radical (unpaired) electrons. The highest BCUT2D eigenvalue weighted by Crippen LogP contribution is 2.61. The van der Waals surface area contributed by atoms with E-state index in [1.54, 1.807) is 5.56 Å². The Morgan fingerprint density at radius 1 is 0.808 bits per heavy atom. The van der Waals surface area contributed by atoms with Crippen molar-refractivity contribution in [3.05, 3.63) is 83.8 Å². The molecule has 1 aromatic carbocycles. The van der Waals surface area contributed by atoms with Gasteiger partial charge in [-0.3, -0.25) is 0 Å². The highest BCUT2D eigenvalue weighted by Gasteiger charge is 2.57. The second-order valence-electron chi connectivity index (χ2n) is 8.86. The summed E-state index contributed by atoms with van der Waals surface area (Å²) >= 11 is 0. The molecule has 0 nitrogen and oxygen atoms in total. The van der Waals surface area contributed by atoms with Crippen LogP contribution in [0.1, 0.15) is 38.2 Å². The summed E-state index contributed by atoms with van der Waals surface area (Å²) in [6, 6.07) is 11.4. The van der Waals surface area contributed by atoms with Crippen molar-refractivity contribution < 1.29 is 0 Å². The maximum Gasteiger partial charge on any atom is -0.000693 e. The Hall–Kier alpha value is -2.00. The van der Waals surface area contributed by atoms with Gasteiger partial charge in [-0.25, -0.2) is 0 Å². The van der Waals surface area contributed by atoms with E-state index in [9.17, 15) is 0 Å². The molecule has 0 heteroatoms. The molecule has 0 N–H and O–H groups in total. The Morgan fingerprint density at radius 2 is 1.46 bits per heavy atom. The second kappa shape index (κ2) is 6.31. The van der Waals surface area contributed by atoms with Crippen LogP contribution in [0.3, 0.4) is 0 Å². The first-order valence-electron chi connectivity index (χ1n) is 10.4. The van der Waals surface area contributed by atoms with E-state index < -0.39 is 0 Å². The average Bonchev–Trinajstić information content (AvgIpc) is 3.35. The first-order valence-corrected chi connectivity index (χ1v) is 10.4. The minimum Gasteiger partial charge on any atom is -0.0805 e. The van der Waals surface area contributed by atoms with Crippen LogP contribution < -0.4 is 0 Å². The topological polar surface area (TPSA) is 0 Å². The fourth-order valence-corrected chi connectivity index (χ4v) is 6.69. The predicted molar refractivity (Wildman–Crippen MR) is 108 cm³/mol. The number of hydrogen-bond donors (Lipinski definition) is 0.